The summed E-state index contributed by atoms with van der Waals surface area (Å²) in [5.74, 6) is -0.722. The van der Waals surface area contributed by atoms with E-state index < -0.39 is 18.0 Å². The molecule has 0 bridgehead atoms. The second-order valence-electron chi connectivity index (χ2n) is 4.74. The van der Waals surface area contributed by atoms with Crippen molar-refractivity contribution < 1.29 is 24.2 Å². The average Bonchev–Trinajstić information content (AvgIpc) is 2.21. The van der Waals surface area contributed by atoms with E-state index in [1.54, 1.807) is 13.8 Å². The summed E-state index contributed by atoms with van der Waals surface area (Å²) in [6, 6.07) is 0. The molecule has 0 saturated carbocycles. The van der Waals surface area contributed by atoms with Crippen LogP contribution in [0.3, 0.4) is 0 Å². The van der Waals surface area contributed by atoms with Crippen LogP contribution < -0.4 is 0 Å². The number of hydrogen-bond acceptors (Lipinski definition) is 5. The van der Waals surface area contributed by atoms with Gasteiger partial charge in [0.25, 0.3) is 0 Å². The highest BCUT2D eigenvalue weighted by Crippen LogP contribution is 2.04. The van der Waals surface area contributed by atoms with Crippen LogP contribution in [0, 0.1) is 5.92 Å². The molecule has 0 aromatic heterocycles. The van der Waals surface area contributed by atoms with Gasteiger partial charge < -0.3 is 14.6 Å². The molecular formula is C13H22O5. The number of aliphatic hydroxyl groups excluding tert-OH is 1. The molecule has 0 aliphatic heterocycles. The number of esters is 2. The maximum atomic E-state index is 11.4. The number of carbonyl (C=O) groups excluding carboxylic acids is 2. The molecule has 5 heteroatoms. The van der Waals surface area contributed by atoms with Gasteiger partial charge in [0.1, 0.15) is 6.61 Å². The summed E-state index contributed by atoms with van der Waals surface area (Å²) >= 11 is 0. The molecule has 104 valence electrons. The first kappa shape index (κ1) is 16.6. The van der Waals surface area contributed by atoms with Gasteiger partial charge in [0.05, 0.1) is 6.61 Å². The molecule has 0 rings (SSSR count). The molecule has 0 radical (unpaired) electrons. The molecule has 0 aliphatic carbocycles. The molecule has 0 aromatic rings. The first-order chi connectivity index (χ1) is 8.35. The highest BCUT2D eigenvalue weighted by atomic mass is 16.6. The van der Waals surface area contributed by atoms with Crippen LogP contribution in [-0.4, -0.2) is 36.4 Å². The number of aliphatic hydroxyl groups is 1. The van der Waals surface area contributed by atoms with Crippen molar-refractivity contribution in [2.24, 2.45) is 5.92 Å². The zero-order chi connectivity index (χ0) is 14.1. The summed E-state index contributed by atoms with van der Waals surface area (Å²) in [5, 5.41) is 9.02. The number of rotatable bonds is 7. The molecule has 1 unspecified atom stereocenters. The standard InChI is InChI=1S/C13H22O5/c1-9(2)5-12(15)17-8-11(7-14)18-13(16)6-10(3)4/h5,10-11,14H,6-8H2,1-4H3. The smallest absolute Gasteiger partial charge is 0.330 e. The van der Waals surface area contributed by atoms with Gasteiger partial charge in [-0.1, -0.05) is 19.4 Å². The summed E-state index contributed by atoms with van der Waals surface area (Å²) in [7, 11) is 0. The lowest BCUT2D eigenvalue weighted by Crippen LogP contribution is -2.28. The van der Waals surface area contributed by atoms with Crippen molar-refractivity contribution >= 4 is 11.9 Å². The number of hydrogen-bond donors (Lipinski definition) is 1. The maximum absolute atomic E-state index is 11.4. The van der Waals surface area contributed by atoms with Gasteiger partial charge in [-0.05, 0) is 19.8 Å². The van der Waals surface area contributed by atoms with Crippen molar-refractivity contribution in [2.75, 3.05) is 13.2 Å². The largest absolute Gasteiger partial charge is 0.458 e. The Morgan fingerprint density at radius 1 is 1.28 bits per heavy atom. The quantitative estimate of drug-likeness (QED) is 0.552. The molecule has 5 nitrogen and oxygen atoms in total. The van der Waals surface area contributed by atoms with Crippen molar-refractivity contribution in [3.8, 4) is 0 Å². The number of ether oxygens (including phenoxy) is 2. The van der Waals surface area contributed by atoms with Crippen LogP contribution in [-0.2, 0) is 19.1 Å². The van der Waals surface area contributed by atoms with Crippen LogP contribution in [0.1, 0.15) is 34.1 Å². The second-order valence-corrected chi connectivity index (χ2v) is 4.74. The van der Waals surface area contributed by atoms with Gasteiger partial charge in [-0.25, -0.2) is 4.79 Å². The highest BCUT2D eigenvalue weighted by molar-refractivity contribution is 5.82. The van der Waals surface area contributed by atoms with Crippen LogP contribution >= 0.6 is 0 Å². The molecule has 0 spiro atoms. The zero-order valence-electron chi connectivity index (χ0n) is 11.4. The van der Waals surface area contributed by atoms with Gasteiger partial charge in [0.2, 0.25) is 0 Å². The van der Waals surface area contributed by atoms with Crippen molar-refractivity contribution in [3.05, 3.63) is 11.6 Å². The molecule has 0 fully saturated rings. The minimum absolute atomic E-state index is 0.136. The lowest BCUT2D eigenvalue weighted by Gasteiger charge is -2.15. The molecule has 0 aromatic carbocycles. The summed E-state index contributed by atoms with van der Waals surface area (Å²) in [5.41, 5.74) is 0.817. The fourth-order valence-electron chi connectivity index (χ4n) is 1.14. The van der Waals surface area contributed by atoms with Gasteiger partial charge in [0.15, 0.2) is 6.10 Å². The van der Waals surface area contributed by atoms with Crippen molar-refractivity contribution in [3.63, 3.8) is 0 Å². The summed E-state index contributed by atoms with van der Waals surface area (Å²) in [4.78, 5) is 22.6. The normalized spacial score (nSPS) is 11.9. The predicted molar refractivity (Wildman–Crippen MR) is 66.8 cm³/mol. The van der Waals surface area contributed by atoms with Gasteiger partial charge in [-0.15, -0.1) is 0 Å². The van der Waals surface area contributed by atoms with E-state index in [2.05, 4.69) is 0 Å². The Bertz CT molecular complexity index is 303. The highest BCUT2D eigenvalue weighted by Gasteiger charge is 2.16. The fraction of sp³-hybridized carbons (Fsp3) is 0.692. The Hall–Kier alpha value is -1.36. The number of carbonyl (C=O) groups is 2. The minimum atomic E-state index is -0.800. The summed E-state index contributed by atoms with van der Waals surface area (Å²) in [6.07, 6.45) is 0.814. The summed E-state index contributed by atoms with van der Waals surface area (Å²) < 4.78 is 9.84. The Balaban J connectivity index is 4.08. The van der Waals surface area contributed by atoms with Gasteiger partial charge >= 0.3 is 11.9 Å². The SMILES string of the molecule is CC(C)=CC(=O)OCC(CO)OC(=O)CC(C)C. The molecule has 0 aliphatic rings. The minimum Gasteiger partial charge on any atom is -0.458 e. The van der Waals surface area contributed by atoms with Gasteiger partial charge in [-0.2, -0.15) is 0 Å². The summed E-state index contributed by atoms with van der Waals surface area (Å²) in [6.45, 7) is 6.82. The predicted octanol–water partition coefficient (Wildman–Crippen LogP) is 1.45. The van der Waals surface area contributed by atoms with Crippen LogP contribution in [0.15, 0.2) is 11.6 Å². The van der Waals surface area contributed by atoms with E-state index >= 15 is 0 Å². The lowest BCUT2D eigenvalue weighted by molar-refractivity contribution is -0.160. The molecule has 0 heterocycles. The monoisotopic (exact) mass is 258 g/mol. The third-order valence-electron chi connectivity index (χ3n) is 1.89. The molecule has 1 atom stereocenters. The molecule has 18 heavy (non-hydrogen) atoms. The second kappa shape index (κ2) is 8.69. The van der Waals surface area contributed by atoms with Crippen LogP contribution in [0.5, 0.6) is 0 Å². The lowest BCUT2D eigenvalue weighted by atomic mass is 10.1. The first-order valence-corrected chi connectivity index (χ1v) is 5.97. The fourth-order valence-corrected chi connectivity index (χ4v) is 1.14. The van der Waals surface area contributed by atoms with E-state index in [-0.39, 0.29) is 25.6 Å². The Kier molecular flexibility index (Phi) is 8.03. The van der Waals surface area contributed by atoms with Crippen molar-refractivity contribution in [1.82, 2.24) is 0 Å². The molecule has 0 amide bonds. The average molecular weight is 258 g/mol. The Morgan fingerprint density at radius 3 is 2.33 bits per heavy atom. The van der Waals surface area contributed by atoms with Crippen molar-refractivity contribution in [1.29, 1.82) is 0 Å². The maximum Gasteiger partial charge on any atom is 0.330 e. The van der Waals surface area contributed by atoms with Crippen molar-refractivity contribution in [2.45, 2.75) is 40.2 Å². The first-order valence-electron chi connectivity index (χ1n) is 5.97. The van der Waals surface area contributed by atoms with E-state index in [0.29, 0.717) is 0 Å². The molecule has 0 saturated heterocycles. The topological polar surface area (TPSA) is 72.8 Å². The molecular weight excluding hydrogens is 236 g/mol. The third kappa shape index (κ3) is 8.75. The van der Waals surface area contributed by atoms with E-state index in [4.69, 9.17) is 14.6 Å². The zero-order valence-corrected chi connectivity index (χ0v) is 11.4. The van der Waals surface area contributed by atoms with Crippen LogP contribution in [0.2, 0.25) is 0 Å². The van der Waals surface area contributed by atoms with Gasteiger partial charge in [-0.3, -0.25) is 4.79 Å². The van der Waals surface area contributed by atoms with Gasteiger partial charge in [0, 0.05) is 12.5 Å². The Labute approximate surface area is 108 Å². The van der Waals surface area contributed by atoms with E-state index in [1.807, 2.05) is 13.8 Å². The van der Waals surface area contributed by atoms with E-state index in [0.717, 1.165) is 5.57 Å². The van der Waals surface area contributed by atoms with E-state index in [1.165, 1.54) is 6.08 Å². The number of allylic oxidation sites excluding steroid dienone is 1. The third-order valence-corrected chi connectivity index (χ3v) is 1.89. The Morgan fingerprint density at radius 2 is 1.89 bits per heavy atom. The van der Waals surface area contributed by atoms with Crippen LogP contribution in [0.4, 0.5) is 0 Å². The van der Waals surface area contributed by atoms with E-state index in [9.17, 15) is 9.59 Å². The van der Waals surface area contributed by atoms with Crippen LogP contribution in [0.25, 0.3) is 0 Å². The molecule has 1 N–H and O–H groups in total.